The van der Waals surface area contributed by atoms with Gasteiger partial charge in [0, 0.05) is 12.5 Å². The smallest absolute Gasteiger partial charge is 0.228 e. The van der Waals surface area contributed by atoms with Gasteiger partial charge in [0.2, 0.25) is 5.89 Å². The van der Waals surface area contributed by atoms with Gasteiger partial charge in [-0.1, -0.05) is 5.16 Å². The van der Waals surface area contributed by atoms with E-state index in [-0.39, 0.29) is 0 Å². The van der Waals surface area contributed by atoms with Crippen LogP contribution in [0.5, 0.6) is 0 Å². The second kappa shape index (κ2) is 3.46. The summed E-state index contributed by atoms with van der Waals surface area (Å²) in [7, 11) is 2.15. The highest BCUT2D eigenvalue weighted by atomic mass is 16.5. The number of nitrogens with zero attached hydrogens (tertiary/aromatic N) is 3. The number of aromatic nitrogens is 2. The molecule has 1 atom stereocenters. The first kappa shape index (κ1) is 8.69. The average molecular weight is 181 g/mol. The van der Waals surface area contributed by atoms with Crippen molar-refractivity contribution in [2.24, 2.45) is 0 Å². The van der Waals surface area contributed by atoms with Gasteiger partial charge < -0.3 is 9.42 Å². The minimum Gasteiger partial charge on any atom is -0.339 e. The monoisotopic (exact) mass is 181 g/mol. The molecule has 1 aliphatic heterocycles. The molecule has 0 saturated carbocycles. The summed E-state index contributed by atoms with van der Waals surface area (Å²) < 4.78 is 5.09. The Hall–Kier alpha value is -0.900. The van der Waals surface area contributed by atoms with E-state index >= 15 is 0 Å². The number of hydrogen-bond acceptors (Lipinski definition) is 4. The Labute approximate surface area is 77.9 Å². The predicted molar refractivity (Wildman–Crippen MR) is 48.4 cm³/mol. The number of likely N-dealkylation sites (tertiary alicyclic amines) is 1. The fourth-order valence-corrected chi connectivity index (χ4v) is 1.86. The van der Waals surface area contributed by atoms with Crippen LogP contribution in [0.1, 0.15) is 24.6 Å². The Bertz CT molecular complexity index is 284. The molecule has 0 bridgehead atoms. The molecule has 0 radical (unpaired) electrons. The van der Waals surface area contributed by atoms with Gasteiger partial charge in [-0.2, -0.15) is 4.98 Å². The third-order valence-corrected chi connectivity index (χ3v) is 2.65. The number of hydrogen-bond donors (Lipinski definition) is 0. The highest BCUT2D eigenvalue weighted by molar-refractivity contribution is 4.89. The van der Waals surface area contributed by atoms with Gasteiger partial charge in [0.15, 0.2) is 5.82 Å². The van der Waals surface area contributed by atoms with Crippen molar-refractivity contribution in [2.45, 2.75) is 32.2 Å². The molecule has 0 N–H and O–H groups in total. The first-order chi connectivity index (χ1) is 6.25. The van der Waals surface area contributed by atoms with Crippen LogP contribution in [0.2, 0.25) is 0 Å². The predicted octanol–water partition coefficient (Wildman–Crippen LogP) is 1.01. The van der Waals surface area contributed by atoms with E-state index in [9.17, 15) is 0 Å². The van der Waals surface area contributed by atoms with Crippen LogP contribution in [0.4, 0.5) is 0 Å². The molecule has 1 aliphatic rings. The summed E-state index contributed by atoms with van der Waals surface area (Å²) in [5.74, 6) is 1.51. The summed E-state index contributed by atoms with van der Waals surface area (Å²) in [6.07, 6.45) is 3.43. The molecular weight excluding hydrogens is 166 g/mol. The fraction of sp³-hybridized carbons (Fsp3) is 0.778. The first-order valence-corrected chi connectivity index (χ1v) is 4.75. The van der Waals surface area contributed by atoms with Crippen molar-refractivity contribution < 1.29 is 4.52 Å². The third-order valence-electron chi connectivity index (χ3n) is 2.65. The van der Waals surface area contributed by atoms with Crippen LogP contribution in [0.3, 0.4) is 0 Å². The van der Waals surface area contributed by atoms with E-state index in [0.29, 0.717) is 6.04 Å². The summed E-state index contributed by atoms with van der Waals surface area (Å²) >= 11 is 0. The highest BCUT2D eigenvalue weighted by Gasteiger charge is 2.22. The molecule has 1 aromatic heterocycles. The van der Waals surface area contributed by atoms with Crippen molar-refractivity contribution in [3.05, 3.63) is 11.7 Å². The van der Waals surface area contributed by atoms with Gasteiger partial charge in [0.05, 0.1) is 0 Å². The molecule has 2 heterocycles. The van der Waals surface area contributed by atoms with Crippen LogP contribution in [-0.2, 0) is 6.42 Å². The maximum absolute atomic E-state index is 5.09. The van der Waals surface area contributed by atoms with Gasteiger partial charge in [-0.15, -0.1) is 0 Å². The zero-order valence-corrected chi connectivity index (χ0v) is 8.16. The van der Waals surface area contributed by atoms with Crippen LogP contribution in [0, 0.1) is 6.92 Å². The lowest BCUT2D eigenvalue weighted by molar-refractivity contribution is 0.278. The molecule has 1 saturated heterocycles. The second-order valence-electron chi connectivity index (χ2n) is 3.72. The largest absolute Gasteiger partial charge is 0.339 e. The van der Waals surface area contributed by atoms with Gasteiger partial charge >= 0.3 is 0 Å². The van der Waals surface area contributed by atoms with Crippen LogP contribution in [0.25, 0.3) is 0 Å². The van der Waals surface area contributed by atoms with Crippen molar-refractivity contribution in [3.63, 3.8) is 0 Å². The zero-order valence-electron chi connectivity index (χ0n) is 8.16. The van der Waals surface area contributed by atoms with E-state index in [1.165, 1.54) is 19.4 Å². The molecule has 0 aromatic carbocycles. The lowest BCUT2D eigenvalue weighted by Gasteiger charge is -2.16. The normalized spacial score (nSPS) is 24.0. The third kappa shape index (κ3) is 1.88. The summed E-state index contributed by atoms with van der Waals surface area (Å²) in [5, 5.41) is 3.78. The van der Waals surface area contributed by atoms with E-state index in [1.54, 1.807) is 0 Å². The van der Waals surface area contributed by atoms with Crippen molar-refractivity contribution in [3.8, 4) is 0 Å². The molecule has 0 unspecified atom stereocenters. The molecule has 0 amide bonds. The lowest BCUT2D eigenvalue weighted by atomic mass is 10.1. The van der Waals surface area contributed by atoms with Gasteiger partial charge in [-0.25, -0.2) is 0 Å². The molecule has 2 rings (SSSR count). The maximum Gasteiger partial charge on any atom is 0.228 e. The quantitative estimate of drug-likeness (QED) is 0.683. The van der Waals surface area contributed by atoms with Crippen molar-refractivity contribution in [2.75, 3.05) is 13.6 Å². The Morgan fingerprint density at radius 1 is 1.62 bits per heavy atom. The van der Waals surface area contributed by atoms with E-state index < -0.39 is 0 Å². The SMILES string of the molecule is Cc1noc(C[C@@H]2CCCN2C)n1. The molecule has 0 aliphatic carbocycles. The van der Waals surface area contributed by atoms with Crippen LogP contribution in [-0.4, -0.2) is 34.7 Å². The zero-order chi connectivity index (χ0) is 9.26. The molecule has 13 heavy (non-hydrogen) atoms. The van der Waals surface area contributed by atoms with Gasteiger partial charge in [-0.05, 0) is 33.4 Å². The first-order valence-electron chi connectivity index (χ1n) is 4.75. The molecule has 1 fully saturated rings. The van der Waals surface area contributed by atoms with E-state index in [4.69, 9.17) is 4.52 Å². The maximum atomic E-state index is 5.09. The van der Waals surface area contributed by atoms with Crippen LogP contribution >= 0.6 is 0 Å². The van der Waals surface area contributed by atoms with Gasteiger partial charge in [0.25, 0.3) is 0 Å². The molecule has 4 nitrogen and oxygen atoms in total. The Kier molecular flexibility index (Phi) is 2.31. The average Bonchev–Trinajstić information content (AvgIpc) is 2.64. The molecule has 72 valence electrons. The minimum absolute atomic E-state index is 0.597. The van der Waals surface area contributed by atoms with Crippen LogP contribution < -0.4 is 0 Å². The number of aryl methyl sites for hydroxylation is 1. The van der Waals surface area contributed by atoms with E-state index in [0.717, 1.165) is 18.1 Å². The highest BCUT2D eigenvalue weighted by Crippen LogP contribution is 2.18. The van der Waals surface area contributed by atoms with Crippen molar-refractivity contribution >= 4 is 0 Å². The molecule has 1 aromatic rings. The van der Waals surface area contributed by atoms with Gasteiger partial charge in [-0.3, -0.25) is 0 Å². The summed E-state index contributed by atoms with van der Waals surface area (Å²) in [6.45, 7) is 3.04. The van der Waals surface area contributed by atoms with E-state index in [1.807, 2.05) is 6.92 Å². The summed E-state index contributed by atoms with van der Waals surface area (Å²) in [4.78, 5) is 6.56. The Morgan fingerprint density at radius 2 is 2.46 bits per heavy atom. The van der Waals surface area contributed by atoms with Gasteiger partial charge in [0.1, 0.15) is 0 Å². The Morgan fingerprint density at radius 3 is 3.00 bits per heavy atom. The standard InChI is InChI=1S/C9H15N3O/c1-7-10-9(13-11-7)6-8-4-3-5-12(8)2/h8H,3-6H2,1-2H3/t8-/m0/s1. The second-order valence-corrected chi connectivity index (χ2v) is 3.72. The summed E-state index contributed by atoms with van der Waals surface area (Å²) in [5.41, 5.74) is 0. The lowest BCUT2D eigenvalue weighted by Crippen LogP contribution is -2.26. The van der Waals surface area contributed by atoms with Crippen LogP contribution in [0.15, 0.2) is 4.52 Å². The van der Waals surface area contributed by atoms with E-state index in [2.05, 4.69) is 22.1 Å². The topological polar surface area (TPSA) is 42.2 Å². The number of likely N-dealkylation sites (N-methyl/N-ethyl adjacent to an activating group) is 1. The molecule has 4 heteroatoms. The summed E-state index contributed by atoms with van der Waals surface area (Å²) in [6, 6.07) is 0.597. The fourth-order valence-electron chi connectivity index (χ4n) is 1.86. The molecular formula is C9H15N3O. The van der Waals surface area contributed by atoms with Crippen molar-refractivity contribution in [1.82, 2.24) is 15.0 Å². The Balaban J connectivity index is 1.97. The minimum atomic E-state index is 0.597. The molecule has 0 spiro atoms. The van der Waals surface area contributed by atoms with Crippen molar-refractivity contribution in [1.29, 1.82) is 0 Å². The number of rotatable bonds is 2.